The second-order valence-corrected chi connectivity index (χ2v) is 8.58. The Morgan fingerprint density at radius 3 is 2.70 bits per heavy atom. The van der Waals surface area contributed by atoms with Crippen LogP contribution in [0.3, 0.4) is 0 Å². The van der Waals surface area contributed by atoms with Gasteiger partial charge in [0.2, 0.25) is 0 Å². The van der Waals surface area contributed by atoms with Crippen LogP contribution in [0.15, 0.2) is 39.3 Å². The van der Waals surface area contributed by atoms with Crippen LogP contribution in [-0.4, -0.2) is 31.3 Å². The van der Waals surface area contributed by atoms with Gasteiger partial charge in [-0.2, -0.15) is 9.78 Å². The first kappa shape index (κ1) is 16.6. The molecular formula is C18H15N4O3S2+. The summed E-state index contributed by atoms with van der Waals surface area (Å²) in [5, 5.41) is 14.9. The van der Waals surface area contributed by atoms with E-state index in [1.807, 2.05) is 0 Å². The zero-order chi connectivity index (χ0) is 18.5. The number of benzene rings is 1. The van der Waals surface area contributed by atoms with Crippen molar-refractivity contribution >= 4 is 44.7 Å². The fraction of sp³-hybridized carbons (Fsp3) is 0.278. The Labute approximate surface area is 161 Å². The van der Waals surface area contributed by atoms with Gasteiger partial charge in [0.25, 0.3) is 10.5 Å². The van der Waals surface area contributed by atoms with E-state index in [9.17, 15) is 9.70 Å². The summed E-state index contributed by atoms with van der Waals surface area (Å²) in [5.41, 5.74) is 2.74. The second kappa shape index (κ2) is 6.28. The summed E-state index contributed by atoms with van der Waals surface area (Å²) in [6.07, 6.45) is 4.24. The van der Waals surface area contributed by atoms with Gasteiger partial charge < -0.3 is 0 Å². The molecular weight excluding hydrogens is 384 g/mol. The molecule has 9 heteroatoms. The highest BCUT2D eigenvalue weighted by Crippen LogP contribution is 2.35. The number of thioether (sulfide) groups is 1. The van der Waals surface area contributed by atoms with Crippen molar-refractivity contribution in [1.29, 1.82) is 0 Å². The molecule has 1 aromatic carbocycles. The predicted molar refractivity (Wildman–Crippen MR) is 105 cm³/mol. The third-order valence-electron chi connectivity index (χ3n) is 4.92. The average Bonchev–Trinajstić information content (AvgIpc) is 3.06. The van der Waals surface area contributed by atoms with Gasteiger partial charge in [0.15, 0.2) is 5.16 Å². The Morgan fingerprint density at radius 1 is 1.15 bits per heavy atom. The molecule has 3 aromatic rings. The Hall–Kier alpha value is -2.52. The van der Waals surface area contributed by atoms with Crippen molar-refractivity contribution in [2.24, 2.45) is 5.10 Å². The molecule has 0 saturated heterocycles. The smallest absolute Gasteiger partial charge is 0.267 e. The van der Waals surface area contributed by atoms with Gasteiger partial charge in [0.1, 0.15) is 4.83 Å². The molecule has 0 atom stereocenters. The number of rotatable bonds is 2. The van der Waals surface area contributed by atoms with Crippen LogP contribution in [-0.2, 0) is 12.8 Å². The van der Waals surface area contributed by atoms with Gasteiger partial charge in [-0.3, -0.25) is 4.79 Å². The van der Waals surface area contributed by atoms with Gasteiger partial charge >= 0.3 is 5.69 Å². The lowest BCUT2D eigenvalue weighted by atomic mass is 9.97. The fourth-order valence-corrected chi connectivity index (χ4v) is 5.77. The summed E-state index contributed by atoms with van der Waals surface area (Å²) in [7, 11) is 0. The van der Waals surface area contributed by atoms with Crippen molar-refractivity contribution in [3.05, 3.63) is 55.5 Å². The van der Waals surface area contributed by atoms with E-state index < -0.39 is 0 Å². The van der Waals surface area contributed by atoms with E-state index in [1.165, 1.54) is 39.9 Å². The monoisotopic (exact) mass is 399 g/mol. The van der Waals surface area contributed by atoms with Gasteiger partial charge in [-0.05, 0) is 48.9 Å². The van der Waals surface area contributed by atoms with Gasteiger partial charge in [-0.15, -0.1) is 11.3 Å². The first-order valence-electron chi connectivity index (χ1n) is 8.66. The molecule has 0 fully saturated rings. The van der Waals surface area contributed by atoms with Crippen molar-refractivity contribution in [1.82, 2.24) is 9.66 Å². The maximum Gasteiger partial charge on any atom is 0.316 e. The number of hydrogen-bond donors (Lipinski definition) is 1. The molecule has 0 saturated carbocycles. The molecule has 136 valence electrons. The van der Waals surface area contributed by atoms with E-state index in [1.54, 1.807) is 23.5 Å². The number of fused-ring (bicyclic) bond motifs is 4. The van der Waals surface area contributed by atoms with Crippen LogP contribution >= 0.6 is 23.1 Å². The van der Waals surface area contributed by atoms with Crippen LogP contribution in [0.1, 0.15) is 28.8 Å². The van der Waals surface area contributed by atoms with E-state index in [2.05, 4.69) is 5.10 Å². The van der Waals surface area contributed by atoms with Crippen molar-refractivity contribution in [3.63, 3.8) is 0 Å². The minimum absolute atomic E-state index is 0.100. The largest absolute Gasteiger partial charge is 0.316 e. The summed E-state index contributed by atoms with van der Waals surface area (Å²) in [4.78, 5) is 30.7. The first-order valence-corrected chi connectivity index (χ1v) is 10.5. The summed E-state index contributed by atoms with van der Waals surface area (Å²) in [6, 6.07) is 6.46. The van der Waals surface area contributed by atoms with Crippen LogP contribution in [0.5, 0.6) is 0 Å². The molecule has 7 nitrogen and oxygen atoms in total. The van der Waals surface area contributed by atoms with Crippen molar-refractivity contribution in [3.8, 4) is 0 Å². The molecule has 0 amide bonds. The van der Waals surface area contributed by atoms with E-state index in [0.717, 1.165) is 46.3 Å². The molecule has 0 spiro atoms. The van der Waals surface area contributed by atoms with Gasteiger partial charge in [-0.25, -0.2) is 10.2 Å². The Balaban J connectivity index is 1.64. The predicted octanol–water partition coefficient (Wildman–Crippen LogP) is 3.49. The third kappa shape index (κ3) is 2.69. The normalized spacial score (nSPS) is 15.9. The second-order valence-electron chi connectivity index (χ2n) is 6.56. The number of nitrogens with zero attached hydrogens (tertiary/aromatic N) is 4. The molecule has 5 rings (SSSR count). The highest BCUT2D eigenvalue weighted by atomic mass is 32.2. The first-order chi connectivity index (χ1) is 13.1. The van der Waals surface area contributed by atoms with Crippen LogP contribution in [0.4, 0.5) is 5.69 Å². The number of aromatic nitrogens is 2. The molecule has 2 aliphatic rings. The van der Waals surface area contributed by atoms with E-state index in [0.29, 0.717) is 10.9 Å². The van der Waals surface area contributed by atoms with Crippen molar-refractivity contribution in [2.75, 3.05) is 5.75 Å². The van der Waals surface area contributed by atoms with Crippen LogP contribution in [0.25, 0.3) is 10.2 Å². The maximum atomic E-state index is 13.2. The van der Waals surface area contributed by atoms with Crippen molar-refractivity contribution < 1.29 is 10.1 Å². The van der Waals surface area contributed by atoms with Crippen molar-refractivity contribution in [2.45, 2.75) is 30.8 Å². The fourth-order valence-electron chi connectivity index (χ4n) is 3.56. The molecule has 0 radical (unpaired) electrons. The Kier molecular flexibility index (Phi) is 3.87. The number of thiophene rings is 1. The summed E-state index contributed by atoms with van der Waals surface area (Å²) < 4.78 is 1.41. The highest BCUT2D eigenvalue weighted by molar-refractivity contribution is 7.99. The van der Waals surface area contributed by atoms with E-state index in [4.69, 9.17) is 10.2 Å². The summed E-state index contributed by atoms with van der Waals surface area (Å²) >= 11 is 3.13. The van der Waals surface area contributed by atoms with Crippen LogP contribution in [0, 0.1) is 4.91 Å². The topological polar surface area (TPSA) is 87.6 Å². The van der Waals surface area contributed by atoms with Gasteiger partial charge in [0.05, 0.1) is 16.0 Å². The lowest BCUT2D eigenvalue weighted by molar-refractivity contribution is -0.729. The molecule has 2 aromatic heterocycles. The molecule has 0 bridgehead atoms. The highest BCUT2D eigenvalue weighted by Gasteiger charge is 2.25. The standard InChI is InChI=1S/C18H15N4O3S2/c23-17-15-12-3-1-2-4-14(12)27-16(15)19-18-21(17)20-13(9-26-18)10-5-7-11(8-6-10)22(24)25/h5-8H,1-4,9H2,(H,24,25)/q+1. The molecule has 3 heterocycles. The molecule has 1 aliphatic carbocycles. The molecule has 1 aliphatic heterocycles. The Bertz CT molecular complexity index is 1180. The summed E-state index contributed by atoms with van der Waals surface area (Å²) in [5.74, 6) is 0.586. The maximum absolute atomic E-state index is 13.2. The molecule has 1 N–H and O–H groups in total. The number of aryl methyl sites for hydroxylation is 2. The molecule has 0 unspecified atom stereocenters. The lowest BCUT2D eigenvalue weighted by Gasteiger charge is -2.16. The van der Waals surface area contributed by atoms with Gasteiger partial charge in [-0.1, -0.05) is 11.8 Å². The Morgan fingerprint density at radius 2 is 1.93 bits per heavy atom. The average molecular weight is 399 g/mol. The lowest BCUT2D eigenvalue weighted by Crippen LogP contribution is -2.26. The molecule has 27 heavy (non-hydrogen) atoms. The van der Waals surface area contributed by atoms with E-state index >= 15 is 0 Å². The number of hydrogen-bond acceptors (Lipinski definition) is 6. The minimum Gasteiger partial charge on any atom is -0.267 e. The van der Waals surface area contributed by atoms with Crippen LogP contribution in [0.2, 0.25) is 0 Å². The van der Waals surface area contributed by atoms with Gasteiger partial charge in [0, 0.05) is 22.8 Å². The van der Waals surface area contributed by atoms with E-state index in [-0.39, 0.29) is 16.2 Å². The summed E-state index contributed by atoms with van der Waals surface area (Å²) in [6.45, 7) is 0. The minimum atomic E-state index is -0.179. The third-order valence-corrected chi connectivity index (χ3v) is 7.04. The quantitative estimate of drug-likeness (QED) is 0.526. The van der Waals surface area contributed by atoms with Crippen LogP contribution < -0.4 is 5.56 Å². The zero-order valence-electron chi connectivity index (χ0n) is 14.2. The zero-order valence-corrected chi connectivity index (χ0v) is 15.8. The SMILES string of the molecule is O=c1c2c3c(sc2nc2n1N=C(c1ccc([N+](=O)O)cc1)CS2)CCCC3.